The first-order valence-electron chi connectivity index (χ1n) is 15.7. The molecule has 1 aromatic heterocycles. The second-order valence-corrected chi connectivity index (χ2v) is 11.8. The van der Waals surface area contributed by atoms with Gasteiger partial charge in [0.25, 0.3) is 5.91 Å². The molecule has 0 spiro atoms. The molecule has 1 heterocycles. The molecule has 0 fully saturated rings. The zero-order valence-electron chi connectivity index (χ0n) is 25.2. The second kappa shape index (κ2) is 12.9. The van der Waals surface area contributed by atoms with Crippen molar-refractivity contribution in [2.24, 2.45) is 0 Å². The van der Waals surface area contributed by atoms with Crippen molar-refractivity contribution in [3.05, 3.63) is 76.9 Å². The topological polar surface area (TPSA) is 88.4 Å². The minimum atomic E-state index is -0.0983. The van der Waals surface area contributed by atoms with Crippen LogP contribution in [0.1, 0.15) is 67.7 Å². The van der Waals surface area contributed by atoms with Crippen LogP contribution in [0, 0.1) is 0 Å². The molecule has 2 aliphatic rings. The van der Waals surface area contributed by atoms with Crippen molar-refractivity contribution < 1.29 is 14.6 Å². The van der Waals surface area contributed by atoms with Gasteiger partial charge in [-0.1, -0.05) is 37.6 Å². The molecule has 2 aliphatic carbocycles. The number of likely N-dealkylation sites (N-methyl/N-ethyl adjacent to an activating group) is 1. The van der Waals surface area contributed by atoms with Crippen LogP contribution < -0.4 is 4.74 Å². The van der Waals surface area contributed by atoms with Crippen molar-refractivity contribution >= 4 is 5.91 Å². The summed E-state index contributed by atoms with van der Waals surface area (Å²) in [5.74, 6) is 1.88. The van der Waals surface area contributed by atoms with Gasteiger partial charge in [0.05, 0.1) is 5.56 Å². The maximum absolute atomic E-state index is 12.4. The summed E-state index contributed by atoms with van der Waals surface area (Å²) in [5.41, 5.74) is 7.92. The fraction of sp³-hybridized carbons (Fsp3) is 0.389. The first-order valence-corrected chi connectivity index (χ1v) is 15.7. The molecule has 0 aliphatic heterocycles. The van der Waals surface area contributed by atoms with Gasteiger partial charge >= 0.3 is 0 Å². The lowest BCUT2D eigenvalue weighted by molar-refractivity contribution is -0.132. The van der Waals surface area contributed by atoms with E-state index >= 15 is 0 Å². The number of phenols is 1. The average Bonchev–Trinajstić information content (AvgIpc) is 3.05. The minimum absolute atomic E-state index is 0.0109. The van der Waals surface area contributed by atoms with E-state index in [1.807, 2.05) is 0 Å². The maximum Gasteiger partial charge on any atom is 0.260 e. The lowest BCUT2D eigenvalue weighted by Crippen LogP contribution is -2.32. The van der Waals surface area contributed by atoms with Crippen LogP contribution in [-0.4, -0.2) is 51.1 Å². The molecule has 0 saturated carbocycles. The van der Waals surface area contributed by atoms with Gasteiger partial charge in [-0.3, -0.25) is 4.79 Å². The van der Waals surface area contributed by atoms with Crippen LogP contribution in [0.4, 0.5) is 0 Å². The molecule has 0 atom stereocenters. The Morgan fingerprint density at radius 2 is 1.33 bits per heavy atom. The van der Waals surface area contributed by atoms with Gasteiger partial charge in [-0.25, -0.2) is 15.0 Å². The number of hydrogen-bond donors (Lipinski definition) is 1. The van der Waals surface area contributed by atoms with Crippen LogP contribution in [0.2, 0.25) is 0 Å². The zero-order chi connectivity index (χ0) is 29.8. The Labute approximate surface area is 254 Å². The molecule has 7 nitrogen and oxygen atoms in total. The highest BCUT2D eigenvalue weighted by Gasteiger charge is 2.19. The summed E-state index contributed by atoms with van der Waals surface area (Å²) >= 11 is 0. The van der Waals surface area contributed by atoms with E-state index in [1.54, 1.807) is 24.1 Å². The predicted octanol–water partition coefficient (Wildman–Crippen LogP) is 6.97. The highest BCUT2D eigenvalue weighted by molar-refractivity contribution is 5.77. The number of rotatable bonds is 9. The van der Waals surface area contributed by atoms with Crippen molar-refractivity contribution in [2.45, 2.75) is 71.1 Å². The highest BCUT2D eigenvalue weighted by Crippen LogP contribution is 2.34. The lowest BCUT2D eigenvalue weighted by atomic mass is 9.90. The van der Waals surface area contributed by atoms with E-state index in [1.165, 1.54) is 54.0 Å². The van der Waals surface area contributed by atoms with E-state index in [4.69, 9.17) is 19.7 Å². The Balaban J connectivity index is 1.34. The normalized spacial score (nSPS) is 14.1. The van der Waals surface area contributed by atoms with Gasteiger partial charge in [0.1, 0.15) is 11.5 Å². The molecule has 0 radical (unpaired) electrons. The number of benzene rings is 3. The molecular formula is C36H40N4O3. The third kappa shape index (κ3) is 6.56. The van der Waals surface area contributed by atoms with E-state index in [9.17, 15) is 9.90 Å². The fourth-order valence-corrected chi connectivity index (χ4v) is 6.07. The summed E-state index contributed by atoms with van der Waals surface area (Å²) in [5, 5.41) is 11.1. The van der Waals surface area contributed by atoms with Crippen molar-refractivity contribution in [3.8, 4) is 45.7 Å². The average molecular weight is 577 g/mol. The summed E-state index contributed by atoms with van der Waals surface area (Å²) in [6.07, 6.45) is 11.2. The number of unbranched alkanes of at least 4 members (excludes halogenated alkanes) is 1. The summed E-state index contributed by atoms with van der Waals surface area (Å²) < 4.78 is 5.73. The van der Waals surface area contributed by atoms with Crippen molar-refractivity contribution in [1.82, 2.24) is 19.9 Å². The van der Waals surface area contributed by atoms with Crippen LogP contribution in [-0.2, 0) is 30.5 Å². The molecule has 0 unspecified atom stereocenters. The first kappa shape index (κ1) is 28.8. The Kier molecular flexibility index (Phi) is 8.68. The van der Waals surface area contributed by atoms with Crippen LogP contribution in [0.25, 0.3) is 34.2 Å². The fourth-order valence-electron chi connectivity index (χ4n) is 6.07. The van der Waals surface area contributed by atoms with Gasteiger partial charge in [0.2, 0.25) is 0 Å². The number of amides is 1. The number of hydrogen-bond acceptors (Lipinski definition) is 6. The monoisotopic (exact) mass is 576 g/mol. The minimum Gasteiger partial charge on any atom is -0.507 e. The van der Waals surface area contributed by atoms with Gasteiger partial charge in [-0.15, -0.1) is 0 Å². The van der Waals surface area contributed by atoms with E-state index in [0.29, 0.717) is 35.3 Å². The predicted molar refractivity (Wildman–Crippen MR) is 169 cm³/mol. The molecule has 0 saturated heterocycles. The Morgan fingerprint density at radius 3 is 1.88 bits per heavy atom. The maximum atomic E-state index is 12.4. The SMILES string of the molecule is CCCCN(C)C(=O)COc1ccc(-c2nc(-c3ccc4c(c3)CCCC4)nc(-c3ccc4c(c3)CCCC4)n2)c(O)c1. The third-order valence-electron chi connectivity index (χ3n) is 8.69. The van der Waals surface area contributed by atoms with Crippen LogP contribution in [0.3, 0.4) is 0 Å². The molecule has 43 heavy (non-hydrogen) atoms. The Morgan fingerprint density at radius 1 is 0.767 bits per heavy atom. The lowest BCUT2D eigenvalue weighted by Gasteiger charge is -2.18. The Hall–Kier alpha value is -4.26. The number of phenolic OH excluding ortho intramolecular Hbond substituents is 1. The van der Waals surface area contributed by atoms with Crippen LogP contribution in [0.5, 0.6) is 11.5 Å². The van der Waals surface area contributed by atoms with Crippen LogP contribution >= 0.6 is 0 Å². The van der Waals surface area contributed by atoms with Crippen molar-refractivity contribution in [3.63, 3.8) is 0 Å². The van der Waals surface area contributed by atoms with Crippen molar-refractivity contribution in [1.29, 1.82) is 0 Å². The third-order valence-corrected chi connectivity index (χ3v) is 8.69. The molecule has 3 aromatic carbocycles. The number of carbonyl (C=O) groups is 1. The smallest absolute Gasteiger partial charge is 0.260 e. The number of nitrogens with zero attached hydrogens (tertiary/aromatic N) is 4. The second-order valence-electron chi connectivity index (χ2n) is 11.8. The van der Waals surface area contributed by atoms with E-state index in [2.05, 4.69) is 43.3 Å². The molecule has 222 valence electrons. The van der Waals surface area contributed by atoms with E-state index in [0.717, 1.165) is 49.7 Å². The molecular weight excluding hydrogens is 536 g/mol. The van der Waals surface area contributed by atoms with Crippen LogP contribution in [0.15, 0.2) is 54.6 Å². The number of fused-ring (bicyclic) bond motifs is 2. The summed E-state index contributed by atoms with van der Waals surface area (Å²) in [7, 11) is 1.78. The van der Waals surface area contributed by atoms with Gasteiger partial charge in [0, 0.05) is 30.8 Å². The van der Waals surface area contributed by atoms with Gasteiger partial charge in [0.15, 0.2) is 24.1 Å². The van der Waals surface area contributed by atoms with Gasteiger partial charge < -0.3 is 14.7 Å². The number of aromatic hydroxyl groups is 1. The Bertz CT molecular complexity index is 1560. The molecule has 1 amide bonds. The molecule has 6 rings (SSSR count). The first-order chi connectivity index (χ1) is 21.0. The van der Waals surface area contributed by atoms with Gasteiger partial charge in [-0.2, -0.15) is 0 Å². The summed E-state index contributed by atoms with van der Waals surface area (Å²) in [6, 6.07) is 18.1. The number of ether oxygens (including phenoxy) is 1. The summed E-state index contributed by atoms with van der Waals surface area (Å²) in [4.78, 5) is 28.8. The molecule has 0 bridgehead atoms. The molecule has 1 N–H and O–H groups in total. The number of aromatic nitrogens is 3. The molecule has 7 heteroatoms. The number of aryl methyl sites for hydroxylation is 4. The summed E-state index contributed by atoms with van der Waals surface area (Å²) in [6.45, 7) is 2.70. The van der Waals surface area contributed by atoms with E-state index < -0.39 is 0 Å². The zero-order valence-corrected chi connectivity index (χ0v) is 25.2. The molecule has 4 aromatic rings. The van der Waals surface area contributed by atoms with Crippen molar-refractivity contribution in [2.75, 3.05) is 20.2 Å². The number of carbonyl (C=O) groups excluding carboxylic acids is 1. The highest BCUT2D eigenvalue weighted by atomic mass is 16.5. The van der Waals surface area contributed by atoms with Gasteiger partial charge in [-0.05, 0) is 104 Å². The largest absolute Gasteiger partial charge is 0.507 e. The quantitative estimate of drug-likeness (QED) is 0.231. The standard InChI is InChI=1S/C36H40N4O3/c1-3-4-19-40(2)33(42)23-43-30-17-18-31(32(41)22-30)36-38-34(28-15-13-24-9-5-7-11-26(24)20-28)37-35(39-36)29-16-14-25-10-6-8-12-27(25)21-29/h13-18,20-22,41H,3-12,19,23H2,1-2H3. The van der Waals surface area contributed by atoms with E-state index in [-0.39, 0.29) is 18.3 Å².